The first-order valence-electron chi connectivity index (χ1n) is 7.67. The van der Waals surface area contributed by atoms with Crippen LogP contribution in [0.5, 0.6) is 0 Å². The Morgan fingerprint density at radius 2 is 2.18 bits per heavy atom. The Hall–Kier alpha value is -1.79. The highest BCUT2D eigenvalue weighted by Gasteiger charge is 2.22. The summed E-state index contributed by atoms with van der Waals surface area (Å²) in [4.78, 5) is 12.5. The second kappa shape index (κ2) is 6.98. The molecule has 1 aliphatic rings. The highest BCUT2D eigenvalue weighted by atomic mass is 32.1. The van der Waals surface area contributed by atoms with Crippen LogP contribution in [-0.4, -0.2) is 29.2 Å². The molecular formula is C16H20N4OS. The molecule has 0 spiro atoms. The fourth-order valence-electron chi connectivity index (χ4n) is 2.73. The zero-order valence-corrected chi connectivity index (χ0v) is 13.4. The van der Waals surface area contributed by atoms with Crippen LogP contribution in [0.4, 0.5) is 0 Å². The molecule has 1 aromatic heterocycles. The van der Waals surface area contributed by atoms with E-state index in [0.717, 1.165) is 47.1 Å². The normalized spacial score (nSPS) is 17.6. The summed E-state index contributed by atoms with van der Waals surface area (Å²) < 4.78 is 0. The van der Waals surface area contributed by atoms with Gasteiger partial charge in [0.05, 0.1) is 6.54 Å². The van der Waals surface area contributed by atoms with Gasteiger partial charge in [0, 0.05) is 12.1 Å². The Kier molecular flexibility index (Phi) is 4.80. The van der Waals surface area contributed by atoms with Crippen LogP contribution in [0.1, 0.15) is 45.2 Å². The smallest absolute Gasteiger partial charge is 0.251 e. The van der Waals surface area contributed by atoms with Gasteiger partial charge < -0.3 is 10.6 Å². The summed E-state index contributed by atoms with van der Waals surface area (Å²) in [7, 11) is 0. The highest BCUT2D eigenvalue weighted by molar-refractivity contribution is 7.11. The van der Waals surface area contributed by atoms with Crippen molar-refractivity contribution in [1.29, 1.82) is 0 Å². The zero-order valence-electron chi connectivity index (χ0n) is 12.6. The van der Waals surface area contributed by atoms with Gasteiger partial charge in [0.1, 0.15) is 10.0 Å². The van der Waals surface area contributed by atoms with Crippen LogP contribution < -0.4 is 10.6 Å². The van der Waals surface area contributed by atoms with E-state index in [1.165, 1.54) is 0 Å². The number of amides is 1. The SMILES string of the molecule is CCc1nnc(CNC(=O)c2ccccc2[C@@H]2CCNC2)s1. The third-order valence-corrected chi connectivity index (χ3v) is 4.98. The van der Waals surface area contributed by atoms with Crippen molar-refractivity contribution >= 4 is 17.2 Å². The molecule has 0 unspecified atom stereocenters. The fraction of sp³-hybridized carbons (Fsp3) is 0.438. The molecule has 0 bridgehead atoms. The van der Waals surface area contributed by atoms with Crippen molar-refractivity contribution in [3.05, 3.63) is 45.4 Å². The van der Waals surface area contributed by atoms with Crippen molar-refractivity contribution < 1.29 is 4.79 Å². The Morgan fingerprint density at radius 3 is 2.91 bits per heavy atom. The topological polar surface area (TPSA) is 66.9 Å². The average Bonchev–Trinajstić information content (AvgIpc) is 3.24. The second-order valence-corrected chi connectivity index (χ2v) is 6.55. The van der Waals surface area contributed by atoms with Gasteiger partial charge in [0.2, 0.25) is 0 Å². The molecule has 116 valence electrons. The first-order chi connectivity index (χ1) is 10.8. The molecule has 5 nitrogen and oxygen atoms in total. The lowest BCUT2D eigenvalue weighted by atomic mass is 9.93. The van der Waals surface area contributed by atoms with Crippen LogP contribution in [0.2, 0.25) is 0 Å². The molecule has 1 aromatic carbocycles. The van der Waals surface area contributed by atoms with Crippen LogP contribution >= 0.6 is 11.3 Å². The van der Waals surface area contributed by atoms with Crippen LogP contribution in [-0.2, 0) is 13.0 Å². The van der Waals surface area contributed by atoms with E-state index in [1.807, 2.05) is 18.2 Å². The number of aryl methyl sites for hydroxylation is 1. The highest BCUT2D eigenvalue weighted by Crippen LogP contribution is 2.25. The van der Waals surface area contributed by atoms with Crippen molar-refractivity contribution in [1.82, 2.24) is 20.8 Å². The van der Waals surface area contributed by atoms with Gasteiger partial charge in [0.15, 0.2) is 0 Å². The molecule has 6 heteroatoms. The van der Waals surface area contributed by atoms with Crippen molar-refractivity contribution in [3.63, 3.8) is 0 Å². The summed E-state index contributed by atoms with van der Waals surface area (Å²) in [6, 6.07) is 7.89. The number of nitrogens with zero attached hydrogens (tertiary/aromatic N) is 2. The van der Waals surface area contributed by atoms with Crippen molar-refractivity contribution in [2.24, 2.45) is 0 Å². The zero-order chi connectivity index (χ0) is 15.4. The minimum absolute atomic E-state index is 0.0317. The van der Waals surface area contributed by atoms with Gasteiger partial charge in [-0.15, -0.1) is 10.2 Å². The number of hydrogen-bond acceptors (Lipinski definition) is 5. The Morgan fingerprint density at radius 1 is 1.36 bits per heavy atom. The minimum atomic E-state index is -0.0317. The van der Waals surface area contributed by atoms with Crippen molar-refractivity contribution in [2.45, 2.75) is 32.2 Å². The Labute approximate surface area is 134 Å². The van der Waals surface area contributed by atoms with E-state index in [4.69, 9.17) is 0 Å². The molecule has 2 aromatic rings. The molecule has 1 aliphatic heterocycles. The third-order valence-electron chi connectivity index (χ3n) is 3.92. The maximum atomic E-state index is 12.5. The van der Waals surface area contributed by atoms with Gasteiger partial charge in [-0.2, -0.15) is 0 Å². The van der Waals surface area contributed by atoms with Gasteiger partial charge in [-0.1, -0.05) is 36.5 Å². The monoisotopic (exact) mass is 316 g/mol. The molecule has 22 heavy (non-hydrogen) atoms. The van der Waals surface area contributed by atoms with E-state index < -0.39 is 0 Å². The van der Waals surface area contributed by atoms with E-state index in [0.29, 0.717) is 12.5 Å². The fourth-order valence-corrected chi connectivity index (χ4v) is 3.46. The predicted octanol–water partition coefficient (Wildman–Crippen LogP) is 2.11. The Balaban J connectivity index is 1.69. The van der Waals surface area contributed by atoms with Crippen LogP contribution in [0.25, 0.3) is 0 Å². The number of rotatable bonds is 5. The minimum Gasteiger partial charge on any atom is -0.345 e. The van der Waals surface area contributed by atoms with E-state index in [1.54, 1.807) is 11.3 Å². The number of hydrogen-bond donors (Lipinski definition) is 2. The van der Waals surface area contributed by atoms with Gasteiger partial charge in [-0.05, 0) is 36.9 Å². The molecule has 3 rings (SSSR count). The van der Waals surface area contributed by atoms with Gasteiger partial charge >= 0.3 is 0 Å². The maximum absolute atomic E-state index is 12.5. The molecule has 0 saturated carbocycles. The molecule has 1 saturated heterocycles. The lowest BCUT2D eigenvalue weighted by molar-refractivity contribution is 0.0949. The molecular weight excluding hydrogens is 296 g/mol. The summed E-state index contributed by atoms with van der Waals surface area (Å²) >= 11 is 1.55. The molecule has 2 heterocycles. The third kappa shape index (κ3) is 3.34. The lowest BCUT2D eigenvalue weighted by Gasteiger charge is -2.14. The summed E-state index contributed by atoms with van der Waals surface area (Å²) in [6.07, 6.45) is 1.96. The van der Waals surface area contributed by atoms with Crippen LogP contribution in [0.15, 0.2) is 24.3 Å². The molecule has 0 radical (unpaired) electrons. The van der Waals surface area contributed by atoms with Crippen LogP contribution in [0, 0.1) is 0 Å². The second-order valence-electron chi connectivity index (χ2n) is 5.40. The van der Waals surface area contributed by atoms with E-state index >= 15 is 0 Å². The number of carbonyl (C=O) groups is 1. The molecule has 1 atom stereocenters. The van der Waals surface area contributed by atoms with Gasteiger partial charge in [0.25, 0.3) is 5.91 Å². The van der Waals surface area contributed by atoms with Gasteiger partial charge in [-0.25, -0.2) is 0 Å². The van der Waals surface area contributed by atoms with Crippen LogP contribution in [0.3, 0.4) is 0 Å². The number of aromatic nitrogens is 2. The first-order valence-corrected chi connectivity index (χ1v) is 8.48. The lowest BCUT2D eigenvalue weighted by Crippen LogP contribution is -2.24. The standard InChI is InChI=1S/C16H20N4OS/c1-2-14-19-20-15(22-14)10-18-16(21)13-6-4-3-5-12(13)11-7-8-17-9-11/h3-6,11,17H,2,7-10H2,1H3,(H,18,21)/t11-/m1/s1. The summed E-state index contributed by atoms with van der Waals surface area (Å²) in [5.41, 5.74) is 1.91. The van der Waals surface area contributed by atoms with Gasteiger partial charge in [-0.3, -0.25) is 4.79 Å². The first kappa shape index (κ1) is 15.1. The Bertz CT molecular complexity index is 649. The predicted molar refractivity (Wildman–Crippen MR) is 87.1 cm³/mol. The van der Waals surface area contributed by atoms with E-state index in [-0.39, 0.29) is 5.91 Å². The van der Waals surface area contributed by atoms with Crippen molar-refractivity contribution in [2.75, 3.05) is 13.1 Å². The maximum Gasteiger partial charge on any atom is 0.251 e. The summed E-state index contributed by atoms with van der Waals surface area (Å²) in [5, 5.41) is 16.3. The van der Waals surface area contributed by atoms with E-state index in [2.05, 4.69) is 33.8 Å². The average molecular weight is 316 g/mol. The number of nitrogens with one attached hydrogen (secondary N) is 2. The van der Waals surface area contributed by atoms with E-state index in [9.17, 15) is 4.79 Å². The quantitative estimate of drug-likeness (QED) is 0.886. The largest absolute Gasteiger partial charge is 0.345 e. The molecule has 2 N–H and O–H groups in total. The summed E-state index contributed by atoms with van der Waals surface area (Å²) in [5.74, 6) is 0.394. The summed E-state index contributed by atoms with van der Waals surface area (Å²) in [6.45, 7) is 4.45. The molecule has 0 aliphatic carbocycles. The molecule has 1 amide bonds. The number of carbonyl (C=O) groups excluding carboxylic acids is 1. The van der Waals surface area contributed by atoms with Crippen molar-refractivity contribution in [3.8, 4) is 0 Å². The molecule has 1 fully saturated rings. The number of benzene rings is 1.